The number of aryl methyl sites for hydroxylation is 1. The summed E-state index contributed by atoms with van der Waals surface area (Å²) in [6.07, 6.45) is 7.72. The molecule has 4 heterocycles. The number of carbonyl (C=O) groups excluding carboxylic acids is 4. The van der Waals surface area contributed by atoms with Crippen molar-refractivity contribution in [3.05, 3.63) is 34.4 Å². The number of fused-ring (bicyclic) bond motifs is 2. The van der Waals surface area contributed by atoms with Gasteiger partial charge < -0.3 is 24.7 Å². The monoisotopic (exact) mass is 764 g/mol. The molecule has 55 heavy (non-hydrogen) atoms. The predicted molar refractivity (Wildman–Crippen MR) is 215 cm³/mol. The third-order valence-corrected chi connectivity index (χ3v) is 12.1. The van der Waals surface area contributed by atoms with Crippen molar-refractivity contribution in [2.24, 2.45) is 16.7 Å². The lowest BCUT2D eigenvalue weighted by Gasteiger charge is -2.40. The molecular formula is C42H69N9O4. The summed E-state index contributed by atoms with van der Waals surface area (Å²) >= 11 is 0. The summed E-state index contributed by atoms with van der Waals surface area (Å²) in [6.45, 7) is 20.5. The molecule has 0 saturated heterocycles. The van der Waals surface area contributed by atoms with Crippen LogP contribution in [0.4, 0.5) is 0 Å². The number of carbonyl (C=O) groups is 4. The SMILES string of the molecule is CCCc1nc(C(=O)N[C@H](C(=O)C(C)CCC)C(C)(C)CN(C)C(=O)[C@@H](NC(=O)c2nc(C3CCCC3)n3c2CN(C)CC3)C(C)(C)C)c2n1CCN(C)C2. The van der Waals surface area contributed by atoms with Gasteiger partial charge in [0.2, 0.25) is 5.91 Å². The third kappa shape index (κ3) is 9.35. The number of hydrogen-bond acceptors (Lipinski definition) is 8. The summed E-state index contributed by atoms with van der Waals surface area (Å²) in [5, 5.41) is 6.26. The van der Waals surface area contributed by atoms with Crippen LogP contribution in [0.25, 0.3) is 0 Å². The van der Waals surface area contributed by atoms with Crippen molar-refractivity contribution < 1.29 is 19.2 Å². The number of rotatable bonds is 15. The molecule has 2 aromatic rings. The van der Waals surface area contributed by atoms with Gasteiger partial charge in [-0.15, -0.1) is 0 Å². The Hall–Kier alpha value is -3.58. The van der Waals surface area contributed by atoms with E-state index >= 15 is 0 Å². The summed E-state index contributed by atoms with van der Waals surface area (Å²) in [6, 6.07) is -1.74. The van der Waals surface area contributed by atoms with E-state index < -0.39 is 22.9 Å². The number of hydrogen-bond donors (Lipinski definition) is 2. The highest BCUT2D eigenvalue weighted by molar-refractivity contribution is 5.99. The Kier molecular flexibility index (Phi) is 13.4. The summed E-state index contributed by atoms with van der Waals surface area (Å²) in [5.41, 5.74) is 1.07. The molecule has 2 aliphatic heterocycles. The number of amides is 3. The Bertz CT molecular complexity index is 1710. The molecule has 1 fully saturated rings. The maximum atomic E-state index is 14.5. The van der Waals surface area contributed by atoms with Gasteiger partial charge in [-0.05, 0) is 45.2 Å². The molecule has 0 spiro atoms. The van der Waals surface area contributed by atoms with E-state index in [2.05, 4.69) is 43.5 Å². The van der Waals surface area contributed by atoms with Crippen LogP contribution in [0.3, 0.4) is 0 Å². The highest BCUT2D eigenvalue weighted by Crippen LogP contribution is 2.36. The molecule has 306 valence electrons. The van der Waals surface area contributed by atoms with Gasteiger partial charge in [0, 0.05) is 76.5 Å². The molecule has 5 rings (SSSR count). The van der Waals surface area contributed by atoms with E-state index in [-0.39, 0.29) is 36.0 Å². The molecule has 3 amide bonds. The Balaban J connectivity index is 1.39. The number of aromatic nitrogens is 4. The fourth-order valence-corrected chi connectivity index (χ4v) is 8.92. The van der Waals surface area contributed by atoms with Crippen molar-refractivity contribution in [3.8, 4) is 0 Å². The maximum absolute atomic E-state index is 14.5. The van der Waals surface area contributed by atoms with Crippen LogP contribution in [0.1, 0.15) is 150 Å². The van der Waals surface area contributed by atoms with Crippen LogP contribution < -0.4 is 10.6 Å². The second-order valence-corrected chi connectivity index (χ2v) is 18.6. The molecule has 13 nitrogen and oxygen atoms in total. The second-order valence-electron chi connectivity index (χ2n) is 18.6. The fraction of sp³-hybridized carbons (Fsp3) is 0.762. The van der Waals surface area contributed by atoms with Gasteiger partial charge in [0.1, 0.15) is 17.7 Å². The van der Waals surface area contributed by atoms with Crippen LogP contribution in [0, 0.1) is 16.7 Å². The lowest BCUT2D eigenvalue weighted by atomic mass is 9.77. The van der Waals surface area contributed by atoms with Crippen LogP contribution in [-0.2, 0) is 42.2 Å². The molecule has 2 N–H and O–H groups in total. The zero-order chi connectivity index (χ0) is 40.4. The average molecular weight is 764 g/mol. The molecule has 2 aromatic heterocycles. The van der Waals surface area contributed by atoms with E-state index in [0.717, 1.165) is 81.3 Å². The van der Waals surface area contributed by atoms with Crippen LogP contribution in [-0.4, -0.2) is 110 Å². The number of ketones is 1. The van der Waals surface area contributed by atoms with Crippen LogP contribution in [0.5, 0.6) is 0 Å². The molecular weight excluding hydrogens is 695 g/mol. The minimum atomic E-state index is -0.879. The lowest BCUT2D eigenvalue weighted by molar-refractivity contribution is -0.137. The highest BCUT2D eigenvalue weighted by Gasteiger charge is 2.43. The van der Waals surface area contributed by atoms with E-state index in [9.17, 15) is 19.2 Å². The molecule has 0 radical (unpaired) electrons. The lowest BCUT2D eigenvalue weighted by Crippen LogP contribution is -2.59. The normalized spacial score (nSPS) is 18.7. The number of imidazole rings is 2. The standard InChI is InChI=1S/C42H69N9O4/c1-12-16-27(3)34(52)35(45-38(53)32-29-24-47(9)20-22-50(29)31(43-32)17-13-2)42(7,8)26-49(11)40(55)36(41(4,5)6)46-39(54)33-30-25-48(10)21-23-51(30)37(44-33)28-18-14-15-19-28/h27-28,35-36H,12-26H2,1-11H3,(H,45,53)(H,46,54)/t27?,35-,36-/m1/s1. The summed E-state index contributed by atoms with van der Waals surface area (Å²) < 4.78 is 4.42. The van der Waals surface area contributed by atoms with Crippen molar-refractivity contribution >= 4 is 23.5 Å². The first kappa shape index (κ1) is 42.6. The zero-order valence-electron chi connectivity index (χ0n) is 35.7. The van der Waals surface area contributed by atoms with Crippen molar-refractivity contribution in [2.45, 2.75) is 151 Å². The Morgan fingerprint density at radius 3 is 1.91 bits per heavy atom. The van der Waals surface area contributed by atoms with Crippen LogP contribution in [0.2, 0.25) is 0 Å². The van der Waals surface area contributed by atoms with Crippen molar-refractivity contribution in [2.75, 3.05) is 40.8 Å². The van der Waals surface area contributed by atoms with E-state index in [1.54, 1.807) is 11.9 Å². The summed E-state index contributed by atoms with van der Waals surface area (Å²) in [7, 11) is 5.81. The zero-order valence-corrected chi connectivity index (χ0v) is 35.7. The molecule has 0 bridgehead atoms. The second kappa shape index (κ2) is 17.3. The molecule has 1 saturated carbocycles. The number of likely N-dealkylation sites (N-methyl/N-ethyl adjacent to an activating group) is 3. The first-order chi connectivity index (χ1) is 25.9. The maximum Gasteiger partial charge on any atom is 0.272 e. The van der Waals surface area contributed by atoms with E-state index in [4.69, 9.17) is 9.97 Å². The number of Topliss-reactive ketones (excluding diaryl/α,β-unsaturated/α-hetero) is 1. The topological polar surface area (TPSA) is 138 Å². The Labute approximate surface area is 329 Å². The van der Waals surface area contributed by atoms with Crippen molar-refractivity contribution in [1.82, 2.24) is 44.4 Å². The predicted octanol–water partition coefficient (Wildman–Crippen LogP) is 5.01. The first-order valence-corrected chi connectivity index (χ1v) is 20.8. The quantitative estimate of drug-likeness (QED) is 0.258. The molecule has 3 aliphatic rings. The van der Waals surface area contributed by atoms with Gasteiger partial charge >= 0.3 is 0 Å². The number of nitrogens with zero attached hydrogens (tertiary/aromatic N) is 7. The number of nitrogens with one attached hydrogen (secondary N) is 2. The molecule has 1 unspecified atom stereocenters. The largest absolute Gasteiger partial charge is 0.343 e. The van der Waals surface area contributed by atoms with Gasteiger partial charge in [0.25, 0.3) is 11.8 Å². The van der Waals surface area contributed by atoms with Gasteiger partial charge in [-0.25, -0.2) is 9.97 Å². The smallest absolute Gasteiger partial charge is 0.272 e. The Morgan fingerprint density at radius 1 is 0.800 bits per heavy atom. The van der Waals surface area contributed by atoms with Gasteiger partial charge in [0.05, 0.1) is 17.4 Å². The van der Waals surface area contributed by atoms with Gasteiger partial charge in [-0.3, -0.25) is 29.0 Å². The minimum Gasteiger partial charge on any atom is -0.343 e. The summed E-state index contributed by atoms with van der Waals surface area (Å²) in [4.78, 5) is 73.0. The molecule has 1 aliphatic carbocycles. The summed E-state index contributed by atoms with van der Waals surface area (Å²) in [5.74, 6) is 0.943. The fourth-order valence-electron chi connectivity index (χ4n) is 8.92. The highest BCUT2D eigenvalue weighted by atomic mass is 16.2. The van der Waals surface area contributed by atoms with Gasteiger partial charge in [0.15, 0.2) is 17.2 Å². The molecule has 0 aromatic carbocycles. The minimum absolute atomic E-state index is 0.0618. The first-order valence-electron chi connectivity index (χ1n) is 20.8. The van der Waals surface area contributed by atoms with Crippen molar-refractivity contribution in [3.63, 3.8) is 0 Å². The van der Waals surface area contributed by atoms with Crippen molar-refractivity contribution in [1.29, 1.82) is 0 Å². The van der Waals surface area contributed by atoms with E-state index in [0.29, 0.717) is 36.8 Å². The average Bonchev–Trinajstić information content (AvgIpc) is 3.86. The van der Waals surface area contributed by atoms with Crippen LogP contribution >= 0.6 is 0 Å². The third-order valence-electron chi connectivity index (χ3n) is 12.1. The van der Waals surface area contributed by atoms with Crippen LogP contribution in [0.15, 0.2) is 0 Å². The molecule has 3 atom stereocenters. The molecule has 13 heteroatoms. The van der Waals surface area contributed by atoms with E-state index in [1.807, 2.05) is 55.5 Å². The van der Waals surface area contributed by atoms with E-state index in [1.165, 1.54) is 12.8 Å². The van der Waals surface area contributed by atoms with Gasteiger partial charge in [-0.1, -0.05) is 74.7 Å². The Morgan fingerprint density at radius 2 is 1.35 bits per heavy atom. The van der Waals surface area contributed by atoms with Gasteiger partial charge in [-0.2, -0.15) is 0 Å².